The van der Waals surface area contributed by atoms with Gasteiger partial charge in [0.1, 0.15) is 0 Å². The number of amides is 2. The number of nitro benzene ring substituents is 1. The second-order valence-corrected chi connectivity index (χ2v) is 8.67. The Kier molecular flexibility index (Phi) is 4.01. The van der Waals surface area contributed by atoms with Crippen LogP contribution in [0.2, 0.25) is 0 Å². The number of aromatic nitrogens is 2. The van der Waals surface area contributed by atoms with Crippen LogP contribution < -0.4 is 4.90 Å². The van der Waals surface area contributed by atoms with E-state index in [-0.39, 0.29) is 35.2 Å². The van der Waals surface area contributed by atoms with Crippen molar-refractivity contribution in [1.29, 1.82) is 0 Å². The summed E-state index contributed by atoms with van der Waals surface area (Å²) in [4.78, 5) is 42.0. The van der Waals surface area contributed by atoms with E-state index < -0.39 is 4.92 Å². The summed E-state index contributed by atoms with van der Waals surface area (Å²) in [6, 6.07) is 12.8. The summed E-state index contributed by atoms with van der Waals surface area (Å²) < 4.78 is 5.34. The lowest BCUT2D eigenvalue weighted by Crippen LogP contribution is -2.32. The number of anilines is 1. The standard InChI is InChI=1S/C23H18N4O5/c28-22-18-14-1-2-15(11-14)19(18)23(29)26(22)16-7-5-13(6-8-16)21-24-20(25-32-21)12-3-9-17(10-4-12)27(30)31/h3-10,14-15,18-19H,1-2,11H2/t14-,15-,18-,19-/m0/s1. The molecule has 3 aliphatic rings. The molecule has 2 aromatic carbocycles. The predicted octanol–water partition coefficient (Wildman–Crippen LogP) is 3.85. The molecule has 2 aliphatic carbocycles. The molecule has 2 heterocycles. The number of carbonyl (C=O) groups is 2. The van der Waals surface area contributed by atoms with Gasteiger partial charge in [-0.3, -0.25) is 24.6 Å². The summed E-state index contributed by atoms with van der Waals surface area (Å²) in [5.41, 5.74) is 1.79. The van der Waals surface area contributed by atoms with Crippen LogP contribution in [0.5, 0.6) is 0 Å². The van der Waals surface area contributed by atoms with Crippen molar-refractivity contribution >= 4 is 23.2 Å². The Balaban J connectivity index is 1.24. The number of nitro groups is 1. The van der Waals surface area contributed by atoms with Gasteiger partial charge in [0, 0.05) is 23.3 Å². The molecular formula is C23H18N4O5. The largest absolute Gasteiger partial charge is 0.334 e. The zero-order valence-corrected chi connectivity index (χ0v) is 16.9. The monoisotopic (exact) mass is 430 g/mol. The van der Waals surface area contributed by atoms with Crippen LogP contribution in [-0.4, -0.2) is 26.9 Å². The summed E-state index contributed by atoms with van der Waals surface area (Å²) in [6.07, 6.45) is 3.10. The third kappa shape index (κ3) is 2.70. The maximum Gasteiger partial charge on any atom is 0.269 e. The van der Waals surface area contributed by atoms with Gasteiger partial charge in [0.25, 0.3) is 11.6 Å². The first kappa shape index (κ1) is 18.9. The van der Waals surface area contributed by atoms with Crippen LogP contribution in [0, 0.1) is 33.8 Å². The summed E-state index contributed by atoms with van der Waals surface area (Å²) in [7, 11) is 0. The molecule has 1 saturated heterocycles. The lowest BCUT2D eigenvalue weighted by molar-refractivity contribution is -0.384. The minimum atomic E-state index is -0.471. The van der Waals surface area contributed by atoms with Crippen molar-refractivity contribution < 1.29 is 19.0 Å². The maximum absolute atomic E-state index is 13.0. The van der Waals surface area contributed by atoms with Crippen molar-refractivity contribution in [2.24, 2.45) is 23.7 Å². The van der Waals surface area contributed by atoms with E-state index >= 15 is 0 Å². The highest BCUT2D eigenvalue weighted by Crippen LogP contribution is 2.56. The van der Waals surface area contributed by atoms with E-state index in [9.17, 15) is 19.7 Å². The molecule has 0 unspecified atom stereocenters. The number of nitrogens with zero attached hydrogens (tertiary/aromatic N) is 4. The van der Waals surface area contributed by atoms with E-state index in [0.717, 1.165) is 19.3 Å². The Hall–Kier alpha value is -3.88. The number of benzene rings is 2. The minimum absolute atomic E-state index is 0.0174. The third-order valence-electron chi connectivity index (χ3n) is 7.06. The smallest absolute Gasteiger partial charge is 0.269 e. The molecule has 6 rings (SSSR count). The van der Waals surface area contributed by atoms with Gasteiger partial charge < -0.3 is 4.52 Å². The molecule has 3 aromatic rings. The van der Waals surface area contributed by atoms with Gasteiger partial charge in [0.15, 0.2) is 0 Å². The van der Waals surface area contributed by atoms with Gasteiger partial charge in [0.05, 0.1) is 22.4 Å². The zero-order chi connectivity index (χ0) is 22.0. The minimum Gasteiger partial charge on any atom is -0.334 e. The van der Waals surface area contributed by atoms with Crippen molar-refractivity contribution in [2.75, 3.05) is 4.90 Å². The van der Waals surface area contributed by atoms with Crippen LogP contribution in [0.15, 0.2) is 53.1 Å². The molecule has 0 spiro atoms. The average molecular weight is 430 g/mol. The zero-order valence-electron chi connectivity index (χ0n) is 16.9. The Labute approximate surface area is 182 Å². The third-order valence-corrected chi connectivity index (χ3v) is 7.06. The topological polar surface area (TPSA) is 119 Å². The molecule has 160 valence electrons. The van der Waals surface area contributed by atoms with E-state index in [2.05, 4.69) is 10.1 Å². The van der Waals surface area contributed by atoms with Crippen molar-refractivity contribution in [3.05, 3.63) is 58.6 Å². The van der Waals surface area contributed by atoms with Crippen LogP contribution in [0.3, 0.4) is 0 Å². The lowest BCUT2D eigenvalue weighted by Gasteiger charge is -2.19. The van der Waals surface area contributed by atoms with Crippen molar-refractivity contribution in [1.82, 2.24) is 10.1 Å². The van der Waals surface area contributed by atoms with Crippen LogP contribution >= 0.6 is 0 Å². The number of non-ortho nitro benzene ring substituents is 1. The Morgan fingerprint density at radius 3 is 2.09 bits per heavy atom. The molecule has 2 bridgehead atoms. The highest BCUT2D eigenvalue weighted by atomic mass is 16.6. The van der Waals surface area contributed by atoms with Crippen LogP contribution in [-0.2, 0) is 9.59 Å². The summed E-state index contributed by atoms with van der Waals surface area (Å²) in [5, 5.41) is 14.8. The van der Waals surface area contributed by atoms with Gasteiger partial charge in [-0.25, -0.2) is 0 Å². The number of fused-ring (bicyclic) bond motifs is 5. The fourth-order valence-corrected chi connectivity index (χ4v) is 5.61. The fourth-order valence-electron chi connectivity index (χ4n) is 5.61. The summed E-state index contributed by atoms with van der Waals surface area (Å²) >= 11 is 0. The van der Waals surface area contributed by atoms with Crippen LogP contribution in [0.1, 0.15) is 19.3 Å². The number of carbonyl (C=O) groups excluding carboxylic acids is 2. The van der Waals surface area contributed by atoms with E-state index in [4.69, 9.17) is 4.52 Å². The molecule has 9 nitrogen and oxygen atoms in total. The van der Waals surface area contributed by atoms with Crippen molar-refractivity contribution in [3.8, 4) is 22.8 Å². The average Bonchev–Trinajstić information content (AvgIpc) is 3.58. The first-order chi connectivity index (χ1) is 15.5. The van der Waals surface area contributed by atoms with Crippen molar-refractivity contribution in [3.63, 3.8) is 0 Å². The van der Waals surface area contributed by atoms with Gasteiger partial charge >= 0.3 is 0 Å². The molecule has 2 amide bonds. The maximum atomic E-state index is 13.0. The SMILES string of the molecule is O=C1[C@H]2[C@H]3CC[C@@H](C3)[C@@H]2C(=O)N1c1ccc(-c2nc(-c3ccc([N+](=O)[O-])cc3)no2)cc1. The number of hydrogen-bond acceptors (Lipinski definition) is 7. The molecule has 0 N–H and O–H groups in total. The summed E-state index contributed by atoms with van der Waals surface area (Å²) in [6.45, 7) is 0. The number of imide groups is 1. The first-order valence-electron chi connectivity index (χ1n) is 10.6. The van der Waals surface area contributed by atoms with E-state index in [1.165, 1.54) is 17.0 Å². The molecule has 9 heteroatoms. The van der Waals surface area contributed by atoms with Crippen LogP contribution in [0.25, 0.3) is 22.8 Å². The van der Waals surface area contributed by atoms with Gasteiger partial charge in [0.2, 0.25) is 17.6 Å². The normalized spacial score (nSPS) is 26.1. The van der Waals surface area contributed by atoms with Crippen molar-refractivity contribution in [2.45, 2.75) is 19.3 Å². The second-order valence-electron chi connectivity index (χ2n) is 8.67. The lowest BCUT2D eigenvalue weighted by atomic mass is 9.81. The Morgan fingerprint density at radius 2 is 1.50 bits per heavy atom. The Morgan fingerprint density at radius 1 is 0.906 bits per heavy atom. The van der Waals surface area contributed by atoms with Gasteiger partial charge in [-0.2, -0.15) is 4.98 Å². The quantitative estimate of drug-likeness (QED) is 0.350. The predicted molar refractivity (Wildman–Crippen MR) is 112 cm³/mol. The fraction of sp³-hybridized carbons (Fsp3) is 0.304. The van der Waals surface area contributed by atoms with E-state index in [0.29, 0.717) is 34.5 Å². The molecule has 3 fully saturated rings. The van der Waals surface area contributed by atoms with Gasteiger partial charge in [-0.05, 0) is 67.5 Å². The Bertz CT molecular complexity index is 1220. The van der Waals surface area contributed by atoms with E-state index in [1.807, 2.05) is 0 Å². The molecule has 1 aliphatic heterocycles. The summed E-state index contributed by atoms with van der Waals surface area (Å²) in [5.74, 6) is 0.841. The molecule has 1 aromatic heterocycles. The van der Waals surface area contributed by atoms with Crippen LogP contribution in [0.4, 0.5) is 11.4 Å². The number of hydrogen-bond donors (Lipinski definition) is 0. The molecule has 2 saturated carbocycles. The highest BCUT2D eigenvalue weighted by Gasteiger charge is 2.61. The molecular weight excluding hydrogens is 412 g/mol. The van der Waals surface area contributed by atoms with Gasteiger partial charge in [-0.15, -0.1) is 0 Å². The highest BCUT2D eigenvalue weighted by molar-refractivity contribution is 6.22. The second kappa shape index (κ2) is 6.81. The van der Waals surface area contributed by atoms with Gasteiger partial charge in [-0.1, -0.05) is 5.16 Å². The molecule has 32 heavy (non-hydrogen) atoms. The molecule has 0 radical (unpaired) electrons. The first-order valence-corrected chi connectivity index (χ1v) is 10.6. The molecule has 4 atom stereocenters. The number of rotatable bonds is 4. The van der Waals surface area contributed by atoms with E-state index in [1.54, 1.807) is 36.4 Å².